The molecule has 0 aliphatic carbocycles. The van der Waals surface area contributed by atoms with Crippen LogP contribution in [0.1, 0.15) is 5.56 Å². The fourth-order valence-electron chi connectivity index (χ4n) is 2.73. The Bertz CT molecular complexity index is 1070. The number of aromatic nitrogens is 3. The van der Waals surface area contributed by atoms with E-state index in [0.717, 1.165) is 33.5 Å². The molecule has 0 unspecified atom stereocenters. The van der Waals surface area contributed by atoms with Gasteiger partial charge in [0.15, 0.2) is 5.65 Å². The molecule has 0 saturated heterocycles. The first kappa shape index (κ1) is 15.1. The minimum Gasteiger partial charge on any atom is -0.384 e. The summed E-state index contributed by atoms with van der Waals surface area (Å²) in [4.78, 5) is 4.61. The Morgan fingerprint density at radius 2 is 1.68 bits per heavy atom. The highest BCUT2D eigenvalue weighted by Crippen LogP contribution is 2.25. The summed E-state index contributed by atoms with van der Waals surface area (Å²) in [5, 5.41) is 13.2. The van der Waals surface area contributed by atoms with E-state index in [1.54, 1.807) is 4.52 Å². The fourth-order valence-corrected chi connectivity index (χ4v) is 2.73. The van der Waals surface area contributed by atoms with Gasteiger partial charge in [0, 0.05) is 29.1 Å². The van der Waals surface area contributed by atoms with Crippen molar-refractivity contribution in [3.8, 4) is 34.1 Å². The first-order valence-electron chi connectivity index (χ1n) is 7.94. The molecule has 0 saturated carbocycles. The van der Waals surface area contributed by atoms with Crippen molar-refractivity contribution in [1.29, 1.82) is 0 Å². The molecule has 0 fully saturated rings. The number of nitrogens with zero attached hydrogens (tertiary/aromatic N) is 3. The molecule has 2 aromatic carbocycles. The molecule has 0 atom stereocenters. The Hall–Kier alpha value is -3.42. The van der Waals surface area contributed by atoms with Gasteiger partial charge >= 0.3 is 0 Å². The van der Waals surface area contributed by atoms with Crippen molar-refractivity contribution in [2.24, 2.45) is 0 Å². The number of aliphatic hydroxyl groups excluding tert-OH is 1. The van der Waals surface area contributed by atoms with Gasteiger partial charge in [-0.1, -0.05) is 54.3 Å². The van der Waals surface area contributed by atoms with Crippen LogP contribution in [0.2, 0.25) is 0 Å². The van der Waals surface area contributed by atoms with E-state index in [9.17, 15) is 0 Å². The number of hydrogen-bond acceptors (Lipinski definition) is 3. The zero-order valence-electron chi connectivity index (χ0n) is 13.4. The van der Waals surface area contributed by atoms with E-state index < -0.39 is 0 Å². The summed E-state index contributed by atoms with van der Waals surface area (Å²) in [6.45, 7) is -0.134. The average Bonchev–Trinajstić information content (AvgIpc) is 3.10. The first-order valence-corrected chi connectivity index (χ1v) is 7.94. The average molecular weight is 325 g/mol. The quantitative estimate of drug-likeness (QED) is 0.575. The van der Waals surface area contributed by atoms with Crippen LogP contribution >= 0.6 is 0 Å². The van der Waals surface area contributed by atoms with E-state index in [1.165, 1.54) is 0 Å². The van der Waals surface area contributed by atoms with Crippen molar-refractivity contribution in [2.45, 2.75) is 0 Å². The standard InChI is InChI=1S/C21H15N3O/c25-12-4-5-16-8-10-17(11-9-16)19-13-22-21-20(14-23-24(21)15-19)18-6-2-1-3-7-18/h1-3,6-11,13-15,25H,12H2. The summed E-state index contributed by atoms with van der Waals surface area (Å²) < 4.78 is 1.80. The molecule has 2 heterocycles. The molecule has 0 spiro atoms. The maximum Gasteiger partial charge on any atom is 0.162 e. The zero-order valence-corrected chi connectivity index (χ0v) is 13.4. The van der Waals surface area contributed by atoms with Gasteiger partial charge in [0.1, 0.15) is 6.61 Å². The van der Waals surface area contributed by atoms with Crippen molar-refractivity contribution in [1.82, 2.24) is 14.6 Å². The molecule has 4 aromatic rings. The largest absolute Gasteiger partial charge is 0.384 e. The number of benzene rings is 2. The number of rotatable bonds is 2. The van der Waals surface area contributed by atoms with Crippen LogP contribution < -0.4 is 0 Å². The van der Waals surface area contributed by atoms with Gasteiger partial charge in [0.05, 0.1) is 6.20 Å². The molecule has 0 radical (unpaired) electrons. The zero-order chi connectivity index (χ0) is 17.1. The SMILES string of the molecule is OCC#Cc1ccc(-c2cnc3c(-c4ccccc4)cnn3c2)cc1. The molecule has 25 heavy (non-hydrogen) atoms. The fraction of sp³-hybridized carbons (Fsp3) is 0.0476. The van der Waals surface area contributed by atoms with Crippen molar-refractivity contribution < 1.29 is 5.11 Å². The molecule has 0 bridgehead atoms. The predicted molar refractivity (Wildman–Crippen MR) is 97.8 cm³/mol. The summed E-state index contributed by atoms with van der Waals surface area (Å²) in [6.07, 6.45) is 5.68. The second-order valence-electron chi connectivity index (χ2n) is 5.57. The van der Waals surface area contributed by atoms with Gasteiger partial charge in [-0.3, -0.25) is 0 Å². The van der Waals surface area contributed by atoms with Crippen LogP contribution in [0.4, 0.5) is 0 Å². The molecule has 4 rings (SSSR count). The van der Waals surface area contributed by atoms with Gasteiger partial charge < -0.3 is 5.11 Å². The van der Waals surface area contributed by atoms with Crippen LogP contribution in [0.5, 0.6) is 0 Å². The van der Waals surface area contributed by atoms with Crippen molar-refractivity contribution in [3.63, 3.8) is 0 Å². The van der Waals surface area contributed by atoms with Crippen LogP contribution in [0.3, 0.4) is 0 Å². The van der Waals surface area contributed by atoms with E-state index in [2.05, 4.69) is 34.1 Å². The summed E-state index contributed by atoms with van der Waals surface area (Å²) in [5.74, 6) is 5.54. The lowest BCUT2D eigenvalue weighted by Crippen LogP contribution is -1.92. The normalized spacial score (nSPS) is 10.4. The van der Waals surface area contributed by atoms with Crippen molar-refractivity contribution in [3.05, 3.63) is 78.8 Å². The second kappa shape index (κ2) is 6.60. The van der Waals surface area contributed by atoms with Crippen LogP contribution in [0, 0.1) is 11.8 Å². The Morgan fingerprint density at radius 3 is 2.44 bits per heavy atom. The first-order chi connectivity index (χ1) is 12.3. The monoisotopic (exact) mass is 325 g/mol. The van der Waals surface area contributed by atoms with E-state index in [0.29, 0.717) is 0 Å². The summed E-state index contributed by atoms with van der Waals surface area (Å²) in [6, 6.07) is 18.0. The molecular weight excluding hydrogens is 310 g/mol. The molecule has 120 valence electrons. The minimum atomic E-state index is -0.134. The van der Waals surface area contributed by atoms with Gasteiger partial charge in [0.2, 0.25) is 0 Å². The smallest absolute Gasteiger partial charge is 0.162 e. The third-order valence-electron chi connectivity index (χ3n) is 3.97. The van der Waals surface area contributed by atoms with Gasteiger partial charge in [-0.2, -0.15) is 5.10 Å². The lowest BCUT2D eigenvalue weighted by molar-refractivity contribution is 0.350. The maximum atomic E-state index is 8.75. The third-order valence-corrected chi connectivity index (χ3v) is 3.97. The highest BCUT2D eigenvalue weighted by Gasteiger charge is 2.08. The Morgan fingerprint density at radius 1 is 0.880 bits per heavy atom. The molecule has 0 amide bonds. The summed E-state index contributed by atoms with van der Waals surface area (Å²) in [7, 11) is 0. The van der Waals surface area contributed by atoms with E-state index in [-0.39, 0.29) is 6.61 Å². The Balaban J connectivity index is 1.70. The van der Waals surface area contributed by atoms with Gasteiger partial charge in [-0.05, 0) is 23.3 Å². The lowest BCUT2D eigenvalue weighted by atomic mass is 10.1. The molecule has 0 aliphatic heterocycles. The van der Waals surface area contributed by atoms with Crippen LogP contribution in [-0.2, 0) is 0 Å². The van der Waals surface area contributed by atoms with Crippen molar-refractivity contribution >= 4 is 5.65 Å². The lowest BCUT2D eigenvalue weighted by Gasteiger charge is -2.03. The Labute approximate surface area is 145 Å². The van der Waals surface area contributed by atoms with Gasteiger partial charge in [0.25, 0.3) is 0 Å². The summed E-state index contributed by atoms with van der Waals surface area (Å²) >= 11 is 0. The topological polar surface area (TPSA) is 50.4 Å². The van der Waals surface area contributed by atoms with Crippen LogP contribution in [-0.4, -0.2) is 26.3 Å². The van der Waals surface area contributed by atoms with E-state index >= 15 is 0 Å². The highest BCUT2D eigenvalue weighted by atomic mass is 16.2. The number of hydrogen-bond donors (Lipinski definition) is 1. The molecule has 1 N–H and O–H groups in total. The molecular formula is C21H15N3O. The Kier molecular flexibility index (Phi) is 3.99. The molecule has 0 aliphatic rings. The third kappa shape index (κ3) is 3.01. The maximum absolute atomic E-state index is 8.75. The van der Waals surface area contributed by atoms with E-state index in [1.807, 2.05) is 61.1 Å². The van der Waals surface area contributed by atoms with Crippen LogP contribution in [0.15, 0.2) is 73.2 Å². The van der Waals surface area contributed by atoms with Gasteiger partial charge in [-0.15, -0.1) is 0 Å². The molecule has 4 heteroatoms. The predicted octanol–water partition coefficient (Wildman–Crippen LogP) is 3.41. The van der Waals surface area contributed by atoms with E-state index in [4.69, 9.17) is 5.11 Å². The molecule has 2 aromatic heterocycles. The van der Waals surface area contributed by atoms with Crippen molar-refractivity contribution in [2.75, 3.05) is 6.61 Å². The number of fused-ring (bicyclic) bond motifs is 1. The highest BCUT2D eigenvalue weighted by molar-refractivity contribution is 5.77. The van der Waals surface area contributed by atoms with Crippen LogP contribution in [0.25, 0.3) is 27.9 Å². The van der Waals surface area contributed by atoms with Gasteiger partial charge in [-0.25, -0.2) is 9.50 Å². The summed E-state index contributed by atoms with van der Waals surface area (Å²) in [5.41, 5.74) is 5.85. The minimum absolute atomic E-state index is 0.134. The second-order valence-corrected chi connectivity index (χ2v) is 5.57. The number of aliphatic hydroxyl groups is 1. The molecule has 4 nitrogen and oxygen atoms in total.